The van der Waals surface area contributed by atoms with Gasteiger partial charge in [0, 0.05) is 93.0 Å². The summed E-state index contributed by atoms with van der Waals surface area (Å²) in [5, 5.41) is 38.8. The third-order valence-corrected chi connectivity index (χ3v) is 20.9. The summed E-state index contributed by atoms with van der Waals surface area (Å²) < 4.78 is 34.3. The Hall–Kier alpha value is -8.76. The molecular weight excluding hydrogens is 1240 g/mol. The Morgan fingerprint density at radius 3 is 1.49 bits per heavy atom. The molecule has 6 aliphatic heterocycles. The maximum atomic E-state index is 14.0. The minimum atomic E-state index is -0.836. The second-order valence-electron chi connectivity index (χ2n) is 26.5. The Bertz CT molecular complexity index is 3450. The van der Waals surface area contributed by atoms with E-state index in [1.165, 1.54) is 0 Å². The first-order chi connectivity index (χ1) is 46.5. The van der Waals surface area contributed by atoms with Gasteiger partial charge in [-0.15, -0.1) is 0 Å². The van der Waals surface area contributed by atoms with Crippen LogP contribution in [0.4, 0.5) is 5.69 Å². The van der Waals surface area contributed by atoms with E-state index in [9.17, 15) is 44.4 Å². The van der Waals surface area contributed by atoms with Crippen LogP contribution in [0.2, 0.25) is 0 Å². The predicted molar refractivity (Wildman–Crippen MR) is 367 cm³/mol. The van der Waals surface area contributed by atoms with Crippen LogP contribution in [-0.2, 0) is 43.9 Å². The van der Waals surface area contributed by atoms with Crippen LogP contribution < -0.4 is 37.9 Å². The van der Waals surface area contributed by atoms with Gasteiger partial charge in [-0.25, -0.2) is 4.57 Å². The predicted octanol–water partition coefficient (Wildman–Crippen LogP) is 9.55. The number of aryl methyl sites for hydroxylation is 2. The van der Waals surface area contributed by atoms with Crippen LogP contribution in [-0.4, -0.2) is 189 Å². The molecule has 21 heteroatoms. The maximum Gasteiger partial charge on any atom is 0.308 e. The quantitative estimate of drug-likeness (QED) is 0.0520. The van der Waals surface area contributed by atoms with Crippen molar-refractivity contribution < 1.29 is 77.4 Å². The average molecular weight is 1330 g/mol. The molecule has 0 aliphatic carbocycles. The molecular formula is C76H97N6O15+. The van der Waals surface area contributed by atoms with Gasteiger partial charge in [0.2, 0.25) is 12.7 Å². The van der Waals surface area contributed by atoms with Crippen LogP contribution in [0, 0.1) is 23.7 Å². The second-order valence-corrected chi connectivity index (χ2v) is 26.5. The zero-order valence-corrected chi connectivity index (χ0v) is 57.8. The van der Waals surface area contributed by atoms with E-state index >= 15 is 0 Å². The zero-order valence-electron chi connectivity index (χ0n) is 57.8. The standard InChI is InChI=1S/C34H39N3O6.3C14H19NO3/c1-3-4-16-37(26-8-6-15-35(2)19-26)31(38)21-36-20-27(24-11-13-29-25(18-24)14-17-41-29)32(34(39)40)28(36)12-10-23-7-5-9-30-33(23)43-22-42-30;3*1-9-13(14(16)17)12(8-15(9)2)10-4-6-11(18-3)7-5-10/h5-9,11,13,15,18-19,27-28,32H,3-4,10,12,14,16-17,20-22H2,1-2H3;3*4-7,9,12-13H,8H2,1-3H3,(H,16,17)/p+1/t27-,28+,32-;3*9-,12+,13-/m1000/s1. The van der Waals surface area contributed by atoms with Crippen LogP contribution in [0.5, 0.6) is 34.5 Å². The number of hydrogen-bond acceptors (Lipinski definition) is 15. The van der Waals surface area contributed by atoms with E-state index in [1.54, 1.807) is 21.3 Å². The molecule has 6 aromatic rings. The van der Waals surface area contributed by atoms with Crippen molar-refractivity contribution in [1.29, 1.82) is 0 Å². The molecule has 4 saturated heterocycles. The van der Waals surface area contributed by atoms with Gasteiger partial charge in [0.25, 0.3) is 0 Å². The third kappa shape index (κ3) is 17.0. The molecule has 4 N–H and O–H groups in total. The Morgan fingerprint density at radius 1 is 0.567 bits per heavy atom. The molecule has 7 heterocycles. The maximum absolute atomic E-state index is 14.0. The number of aromatic nitrogens is 1. The first kappa shape index (κ1) is 72.5. The molecule has 12 rings (SSSR count). The Morgan fingerprint density at radius 2 is 1.04 bits per heavy atom. The van der Waals surface area contributed by atoms with Crippen molar-refractivity contribution in [2.45, 2.75) is 108 Å². The number of carboxylic acids is 4. The van der Waals surface area contributed by atoms with Gasteiger partial charge in [-0.1, -0.05) is 74.0 Å². The van der Waals surface area contributed by atoms with Gasteiger partial charge in [-0.2, -0.15) is 0 Å². The number of likely N-dealkylation sites (N-methyl/N-ethyl adjacent to an activating group) is 3. The number of hydrogen-bond donors (Lipinski definition) is 4. The van der Waals surface area contributed by atoms with Crippen LogP contribution in [0.3, 0.4) is 0 Å². The smallest absolute Gasteiger partial charge is 0.308 e. The number of carboxylic acid groups (broad SMARTS) is 4. The van der Waals surface area contributed by atoms with Crippen LogP contribution in [0.25, 0.3) is 0 Å². The largest absolute Gasteiger partial charge is 0.497 e. The highest BCUT2D eigenvalue weighted by atomic mass is 16.7. The van der Waals surface area contributed by atoms with E-state index in [-0.39, 0.29) is 84.8 Å². The number of nitrogens with zero attached hydrogens (tertiary/aromatic N) is 6. The third-order valence-electron chi connectivity index (χ3n) is 20.9. The number of pyridine rings is 1. The van der Waals surface area contributed by atoms with E-state index in [0.29, 0.717) is 38.3 Å². The first-order valence-electron chi connectivity index (χ1n) is 33.6. The monoisotopic (exact) mass is 1330 g/mol. The van der Waals surface area contributed by atoms with Crippen molar-refractivity contribution >= 4 is 35.5 Å². The fraction of sp³-hybridized carbons (Fsp3) is 0.474. The van der Waals surface area contributed by atoms with Crippen LogP contribution in [0.15, 0.2) is 134 Å². The molecule has 1 amide bonds. The lowest BCUT2D eigenvalue weighted by molar-refractivity contribution is -0.670. The summed E-state index contributed by atoms with van der Waals surface area (Å²) in [4.78, 5) is 71.6. The summed E-state index contributed by atoms with van der Waals surface area (Å²) >= 11 is 0. The highest BCUT2D eigenvalue weighted by Crippen LogP contribution is 2.45. The van der Waals surface area contributed by atoms with E-state index in [4.69, 9.17) is 28.4 Å². The van der Waals surface area contributed by atoms with Gasteiger partial charge >= 0.3 is 23.9 Å². The molecule has 520 valence electrons. The summed E-state index contributed by atoms with van der Waals surface area (Å²) in [7, 11) is 12.8. The molecule has 0 radical (unpaired) electrons. The Balaban J connectivity index is 0.000000169. The molecule has 0 unspecified atom stereocenters. The summed E-state index contributed by atoms with van der Waals surface area (Å²) in [6.07, 6.45) is 7.76. The van der Waals surface area contributed by atoms with Gasteiger partial charge < -0.3 is 68.4 Å². The number of carbonyl (C=O) groups excluding carboxylic acids is 1. The number of aliphatic carboxylic acids is 4. The lowest BCUT2D eigenvalue weighted by atomic mass is 9.83. The molecule has 0 saturated carbocycles. The van der Waals surface area contributed by atoms with Crippen molar-refractivity contribution in [3.63, 3.8) is 0 Å². The zero-order chi connectivity index (χ0) is 69.8. The number of methoxy groups -OCH3 is 3. The fourth-order valence-electron chi connectivity index (χ4n) is 15.1. The number of ether oxygens (including phenoxy) is 6. The number of anilines is 1. The van der Waals surface area contributed by atoms with Crippen molar-refractivity contribution in [3.8, 4) is 34.5 Å². The molecule has 5 aromatic carbocycles. The highest BCUT2D eigenvalue weighted by molar-refractivity contribution is 5.94. The van der Waals surface area contributed by atoms with Gasteiger partial charge in [-0.05, 0) is 149 Å². The minimum Gasteiger partial charge on any atom is -0.497 e. The normalized spacial score (nSPS) is 24.9. The lowest BCUT2D eigenvalue weighted by Gasteiger charge is -2.29. The van der Waals surface area contributed by atoms with Crippen LogP contribution >= 0.6 is 0 Å². The van der Waals surface area contributed by atoms with Crippen molar-refractivity contribution in [1.82, 2.24) is 19.6 Å². The molecule has 1 aromatic heterocycles. The summed E-state index contributed by atoms with van der Waals surface area (Å²) in [6.45, 7) is 12.5. The topological polar surface area (TPSA) is 242 Å². The van der Waals surface area contributed by atoms with Gasteiger partial charge in [-0.3, -0.25) is 28.9 Å². The van der Waals surface area contributed by atoms with E-state index in [2.05, 4.69) is 32.6 Å². The van der Waals surface area contributed by atoms with Crippen LogP contribution in [0.1, 0.15) is 104 Å². The minimum absolute atomic E-state index is 0.0193. The van der Waals surface area contributed by atoms with Gasteiger partial charge in [0.15, 0.2) is 23.9 Å². The van der Waals surface area contributed by atoms with E-state index in [1.807, 2.05) is 186 Å². The molecule has 4 fully saturated rings. The number of carbonyl (C=O) groups is 5. The molecule has 97 heavy (non-hydrogen) atoms. The molecule has 0 spiro atoms. The first-order valence-corrected chi connectivity index (χ1v) is 33.6. The summed E-state index contributed by atoms with van der Waals surface area (Å²) in [5.41, 5.74) is 7.16. The molecule has 0 bridgehead atoms. The van der Waals surface area contributed by atoms with E-state index < -0.39 is 29.8 Å². The molecule has 6 aliphatic rings. The van der Waals surface area contributed by atoms with E-state index in [0.717, 1.165) is 107 Å². The van der Waals surface area contributed by atoms with Crippen molar-refractivity contribution in [3.05, 3.63) is 167 Å². The number of para-hydroxylation sites is 1. The fourth-order valence-corrected chi connectivity index (χ4v) is 15.1. The van der Waals surface area contributed by atoms with Gasteiger partial charge in [0.1, 0.15) is 35.7 Å². The van der Waals surface area contributed by atoms with Crippen molar-refractivity contribution in [2.75, 3.05) is 100 Å². The number of fused-ring (bicyclic) bond motifs is 2. The summed E-state index contributed by atoms with van der Waals surface area (Å²) in [6, 6.07) is 38.8. The number of rotatable bonds is 20. The molecule has 21 nitrogen and oxygen atoms in total. The average Bonchev–Trinajstić information content (AvgIpc) is 1.64. The highest BCUT2D eigenvalue weighted by Gasteiger charge is 2.49. The Labute approximate surface area is 570 Å². The second kappa shape index (κ2) is 33.0. The number of likely N-dealkylation sites (tertiary alicyclic amines) is 4. The lowest BCUT2D eigenvalue weighted by Crippen LogP contribution is -2.45. The molecule has 12 atom stereocenters. The summed E-state index contributed by atoms with van der Waals surface area (Å²) in [5.74, 6) is -0.0916. The Kier molecular flexibility index (Phi) is 24.7. The van der Waals surface area contributed by atoms with Gasteiger partial charge in [0.05, 0.1) is 58.2 Å². The number of amides is 1. The SMILES string of the molecule is CCCCN(C(=O)CN1C[C@H](c2ccc3c(c2)CCO3)[C@@H](C(=O)O)[C@@H]1CCc1cccc2c1OCO2)c1ccc[n+](C)c1.COc1ccc([C@H]2CN(C)[C@@H](C)[C@@H]2C(=O)O)cc1.COc1ccc([C@H]2CN(C)[C@@H](C)[C@@H]2C(=O)O)cc1.COc1ccc([C@H]2CN(C)[C@@H](C)[C@@H]2C(=O)O)cc1. The van der Waals surface area contributed by atoms with Crippen molar-refractivity contribution in [2.24, 2.45) is 30.7 Å². The number of benzene rings is 5. The number of unbranched alkanes of at least 4 members (excludes halogenated alkanes) is 1.